The molecule has 1 saturated heterocycles. The predicted octanol–water partition coefficient (Wildman–Crippen LogP) is 0.258. The van der Waals surface area contributed by atoms with Crippen LogP contribution in [0.2, 0.25) is 0 Å². The molecule has 5 nitrogen and oxygen atoms in total. The molecule has 0 amide bonds. The summed E-state index contributed by atoms with van der Waals surface area (Å²) in [5, 5.41) is 4.95. The molecule has 0 aliphatic carbocycles. The lowest BCUT2D eigenvalue weighted by Crippen LogP contribution is -2.23. The van der Waals surface area contributed by atoms with Crippen LogP contribution in [0.15, 0.2) is 23.1 Å². The maximum atomic E-state index is 13.9. The van der Waals surface area contributed by atoms with Crippen LogP contribution in [0, 0.1) is 11.7 Å². The van der Waals surface area contributed by atoms with Gasteiger partial charge in [0, 0.05) is 13.1 Å². The molecule has 1 fully saturated rings. The summed E-state index contributed by atoms with van der Waals surface area (Å²) in [4.78, 5) is 1.66. The molecule has 2 rings (SSSR count). The topological polar surface area (TPSA) is 89.4 Å². The fourth-order valence-electron chi connectivity index (χ4n) is 2.16. The summed E-state index contributed by atoms with van der Waals surface area (Å²) in [5.74, 6) is -0.207. The lowest BCUT2D eigenvalue weighted by Gasteiger charge is -2.19. The van der Waals surface area contributed by atoms with Gasteiger partial charge in [-0.05, 0) is 37.1 Å². The third-order valence-electron chi connectivity index (χ3n) is 3.21. The van der Waals surface area contributed by atoms with E-state index in [2.05, 4.69) is 0 Å². The number of halogens is 1. The Bertz CT molecular complexity index is 547. The zero-order chi connectivity index (χ0) is 13.3. The molecule has 4 N–H and O–H groups in total. The summed E-state index contributed by atoms with van der Waals surface area (Å²) in [6, 6.07) is 3.73. The summed E-state index contributed by atoms with van der Waals surface area (Å²) in [6.45, 7) is 2.00. The van der Waals surface area contributed by atoms with Gasteiger partial charge in [-0.3, -0.25) is 0 Å². The van der Waals surface area contributed by atoms with E-state index in [0.717, 1.165) is 19.0 Å². The largest absolute Gasteiger partial charge is 0.369 e. The molecule has 0 spiro atoms. The van der Waals surface area contributed by atoms with Crippen molar-refractivity contribution in [1.29, 1.82) is 0 Å². The van der Waals surface area contributed by atoms with Gasteiger partial charge in [0.05, 0.1) is 10.6 Å². The number of benzene rings is 1. The van der Waals surface area contributed by atoms with E-state index in [1.165, 1.54) is 12.1 Å². The van der Waals surface area contributed by atoms with Crippen molar-refractivity contribution in [2.45, 2.75) is 11.3 Å². The van der Waals surface area contributed by atoms with Gasteiger partial charge in [-0.2, -0.15) is 0 Å². The van der Waals surface area contributed by atoms with Gasteiger partial charge in [0.15, 0.2) is 0 Å². The maximum absolute atomic E-state index is 13.9. The van der Waals surface area contributed by atoms with E-state index in [9.17, 15) is 12.8 Å². The summed E-state index contributed by atoms with van der Waals surface area (Å²) in [7, 11) is -3.86. The van der Waals surface area contributed by atoms with Gasteiger partial charge in [-0.15, -0.1) is 0 Å². The second kappa shape index (κ2) is 4.83. The van der Waals surface area contributed by atoms with E-state index >= 15 is 0 Å². The standard InChI is InChI=1S/C11H16FN3O2S/c12-10-5-9(18(14,16)17)1-2-11(10)15-4-3-8(6-13)7-15/h1-2,5,8H,3-4,6-7,13H2,(H2,14,16,17). The van der Waals surface area contributed by atoms with Crippen LogP contribution in [0.25, 0.3) is 0 Å². The number of anilines is 1. The fraction of sp³-hybridized carbons (Fsp3) is 0.455. The lowest BCUT2D eigenvalue weighted by molar-refractivity contribution is 0.589. The number of hydrogen-bond donors (Lipinski definition) is 2. The first kappa shape index (κ1) is 13.3. The van der Waals surface area contributed by atoms with Gasteiger partial charge in [-0.1, -0.05) is 0 Å². The van der Waals surface area contributed by atoms with Gasteiger partial charge >= 0.3 is 0 Å². The van der Waals surface area contributed by atoms with Gasteiger partial charge in [0.2, 0.25) is 10.0 Å². The number of nitrogens with two attached hydrogens (primary N) is 2. The highest BCUT2D eigenvalue weighted by atomic mass is 32.2. The molecule has 1 aromatic rings. The Hall–Kier alpha value is -1.18. The summed E-state index contributed by atoms with van der Waals surface area (Å²) in [5.41, 5.74) is 5.98. The van der Waals surface area contributed by atoms with Crippen LogP contribution < -0.4 is 15.8 Å². The summed E-state index contributed by atoms with van der Waals surface area (Å²) in [6.07, 6.45) is 0.923. The molecule has 1 heterocycles. The minimum Gasteiger partial charge on any atom is -0.369 e. The number of rotatable bonds is 3. The average molecular weight is 273 g/mol. The molecular formula is C11H16FN3O2S. The highest BCUT2D eigenvalue weighted by molar-refractivity contribution is 7.89. The third kappa shape index (κ3) is 2.63. The van der Waals surface area contributed by atoms with E-state index in [1.54, 1.807) is 0 Å². The normalized spacial score (nSPS) is 20.4. The molecule has 0 bridgehead atoms. The predicted molar refractivity (Wildman–Crippen MR) is 67.1 cm³/mol. The zero-order valence-corrected chi connectivity index (χ0v) is 10.7. The van der Waals surface area contributed by atoms with Gasteiger partial charge in [0.25, 0.3) is 0 Å². The van der Waals surface area contributed by atoms with Crippen molar-refractivity contribution in [3.63, 3.8) is 0 Å². The molecule has 0 aromatic heterocycles. The van der Waals surface area contributed by atoms with E-state index < -0.39 is 15.8 Å². The molecule has 1 aliphatic rings. The van der Waals surface area contributed by atoms with Crippen molar-refractivity contribution in [3.05, 3.63) is 24.0 Å². The van der Waals surface area contributed by atoms with E-state index in [0.29, 0.717) is 24.7 Å². The van der Waals surface area contributed by atoms with Gasteiger partial charge < -0.3 is 10.6 Å². The maximum Gasteiger partial charge on any atom is 0.238 e. The highest BCUT2D eigenvalue weighted by Crippen LogP contribution is 2.27. The number of hydrogen-bond acceptors (Lipinski definition) is 4. The smallest absolute Gasteiger partial charge is 0.238 e. The monoisotopic (exact) mass is 273 g/mol. The number of nitrogens with zero attached hydrogens (tertiary/aromatic N) is 1. The Balaban J connectivity index is 2.26. The molecule has 7 heteroatoms. The van der Waals surface area contributed by atoms with E-state index in [4.69, 9.17) is 10.9 Å². The Morgan fingerprint density at radius 2 is 2.17 bits per heavy atom. The van der Waals surface area contributed by atoms with Gasteiger partial charge in [0.1, 0.15) is 5.82 Å². The van der Waals surface area contributed by atoms with Crippen molar-refractivity contribution in [2.75, 3.05) is 24.5 Å². The average Bonchev–Trinajstić information content (AvgIpc) is 2.76. The second-order valence-corrected chi connectivity index (χ2v) is 6.06. The van der Waals surface area contributed by atoms with Crippen LogP contribution in [0.5, 0.6) is 0 Å². The third-order valence-corrected chi connectivity index (χ3v) is 4.12. The number of sulfonamides is 1. The minimum absolute atomic E-state index is 0.210. The van der Waals surface area contributed by atoms with E-state index in [1.807, 2.05) is 4.90 Å². The van der Waals surface area contributed by atoms with E-state index in [-0.39, 0.29) is 4.90 Å². The van der Waals surface area contributed by atoms with Crippen LogP contribution >= 0.6 is 0 Å². The van der Waals surface area contributed by atoms with Crippen LogP contribution in [0.4, 0.5) is 10.1 Å². The van der Waals surface area contributed by atoms with Crippen molar-refractivity contribution in [2.24, 2.45) is 16.8 Å². The highest BCUT2D eigenvalue weighted by Gasteiger charge is 2.24. The molecule has 0 radical (unpaired) electrons. The number of primary sulfonamides is 1. The molecule has 100 valence electrons. The molecule has 1 aromatic carbocycles. The Morgan fingerprint density at radius 3 is 2.67 bits per heavy atom. The van der Waals surface area contributed by atoms with Gasteiger partial charge in [-0.25, -0.2) is 17.9 Å². The first-order valence-corrected chi connectivity index (χ1v) is 7.24. The summed E-state index contributed by atoms with van der Waals surface area (Å²) < 4.78 is 36.1. The molecule has 18 heavy (non-hydrogen) atoms. The van der Waals surface area contributed by atoms with Crippen molar-refractivity contribution >= 4 is 15.7 Å². The second-order valence-electron chi connectivity index (χ2n) is 4.49. The molecule has 1 unspecified atom stereocenters. The first-order chi connectivity index (χ1) is 8.41. The quantitative estimate of drug-likeness (QED) is 0.826. The van der Waals surface area contributed by atoms with Crippen molar-refractivity contribution < 1.29 is 12.8 Å². The fourth-order valence-corrected chi connectivity index (χ4v) is 2.69. The Labute approximate surface area is 106 Å². The van der Waals surface area contributed by atoms with Crippen LogP contribution in [-0.4, -0.2) is 28.1 Å². The summed E-state index contributed by atoms with van der Waals surface area (Å²) >= 11 is 0. The Kier molecular flexibility index (Phi) is 3.56. The van der Waals surface area contributed by atoms with Crippen LogP contribution in [-0.2, 0) is 10.0 Å². The van der Waals surface area contributed by atoms with Crippen LogP contribution in [0.3, 0.4) is 0 Å². The lowest BCUT2D eigenvalue weighted by atomic mass is 10.1. The minimum atomic E-state index is -3.86. The molecule has 0 saturated carbocycles. The molecular weight excluding hydrogens is 257 g/mol. The first-order valence-electron chi connectivity index (χ1n) is 5.69. The van der Waals surface area contributed by atoms with Crippen LogP contribution in [0.1, 0.15) is 6.42 Å². The molecule has 1 aliphatic heterocycles. The zero-order valence-electron chi connectivity index (χ0n) is 9.84. The molecule has 1 atom stereocenters. The van der Waals surface area contributed by atoms with Crippen molar-refractivity contribution in [3.8, 4) is 0 Å². The van der Waals surface area contributed by atoms with Crippen molar-refractivity contribution in [1.82, 2.24) is 0 Å². The Morgan fingerprint density at radius 1 is 1.44 bits per heavy atom. The SMILES string of the molecule is NCC1CCN(c2ccc(S(N)(=O)=O)cc2F)C1.